The summed E-state index contributed by atoms with van der Waals surface area (Å²) < 4.78 is 70.9. The van der Waals surface area contributed by atoms with Crippen LogP contribution in [-0.2, 0) is 21.0 Å². The van der Waals surface area contributed by atoms with Crippen LogP contribution in [0.25, 0.3) is 0 Å². The normalized spacial score (nSPS) is 18.2. The highest BCUT2D eigenvalue weighted by Crippen LogP contribution is 2.46. The number of anilines is 1. The van der Waals surface area contributed by atoms with E-state index in [0.29, 0.717) is 11.8 Å². The molecule has 0 bridgehead atoms. The van der Waals surface area contributed by atoms with Crippen LogP contribution >= 0.6 is 0 Å². The van der Waals surface area contributed by atoms with Gasteiger partial charge >= 0.3 is 12.1 Å². The second-order valence-corrected chi connectivity index (χ2v) is 7.65. The number of rotatable bonds is 4. The summed E-state index contributed by atoms with van der Waals surface area (Å²) in [6, 6.07) is 7.01. The van der Waals surface area contributed by atoms with Crippen molar-refractivity contribution in [3.63, 3.8) is 0 Å². The van der Waals surface area contributed by atoms with Crippen molar-refractivity contribution in [3.05, 3.63) is 53.6 Å². The maximum Gasteiger partial charge on any atom is 0.416 e. The van der Waals surface area contributed by atoms with Gasteiger partial charge in [-0.15, -0.1) is 0 Å². The van der Waals surface area contributed by atoms with Crippen molar-refractivity contribution in [2.45, 2.75) is 23.5 Å². The number of alkyl halides is 3. The van der Waals surface area contributed by atoms with Crippen molar-refractivity contribution in [2.24, 2.45) is 0 Å². The summed E-state index contributed by atoms with van der Waals surface area (Å²) in [5.41, 5.74) is -1.01. The summed E-state index contributed by atoms with van der Waals surface area (Å²) >= 11 is 0. The van der Waals surface area contributed by atoms with Crippen LogP contribution in [0.15, 0.2) is 47.4 Å². The van der Waals surface area contributed by atoms with Crippen molar-refractivity contribution < 1.29 is 36.2 Å². The Morgan fingerprint density at radius 3 is 2.52 bits per heavy atom. The number of benzene rings is 2. The third-order valence-corrected chi connectivity index (χ3v) is 6.09. The molecule has 1 aliphatic heterocycles. The van der Waals surface area contributed by atoms with Crippen LogP contribution in [0.3, 0.4) is 0 Å². The van der Waals surface area contributed by atoms with E-state index in [-0.39, 0.29) is 11.3 Å². The van der Waals surface area contributed by atoms with Crippen molar-refractivity contribution in [1.82, 2.24) is 0 Å². The number of halogens is 3. The average Bonchev–Trinajstić information content (AvgIpc) is 2.80. The van der Waals surface area contributed by atoms with E-state index < -0.39 is 45.1 Å². The topological polar surface area (TPSA) is 83.9 Å². The molecule has 0 aromatic heterocycles. The van der Waals surface area contributed by atoms with Gasteiger partial charge in [0.15, 0.2) is 0 Å². The van der Waals surface area contributed by atoms with E-state index in [1.807, 2.05) is 0 Å². The molecule has 3 rings (SSSR count). The van der Waals surface area contributed by atoms with Crippen LogP contribution in [0.1, 0.15) is 23.6 Å². The monoisotopic (exact) mass is 401 g/mol. The van der Waals surface area contributed by atoms with Gasteiger partial charge in [-0.2, -0.15) is 13.2 Å². The molecule has 27 heavy (non-hydrogen) atoms. The van der Waals surface area contributed by atoms with Crippen molar-refractivity contribution in [3.8, 4) is 5.75 Å². The number of methoxy groups -OCH3 is 1. The van der Waals surface area contributed by atoms with E-state index in [0.717, 1.165) is 16.4 Å². The summed E-state index contributed by atoms with van der Waals surface area (Å²) in [6.45, 7) is 0. The highest BCUT2D eigenvalue weighted by molar-refractivity contribution is 7.93. The predicted octanol–water partition coefficient (Wildman–Crippen LogP) is 3.44. The zero-order valence-electron chi connectivity index (χ0n) is 13.9. The van der Waals surface area contributed by atoms with E-state index in [1.54, 1.807) is 6.07 Å². The Balaban J connectivity index is 2.22. The Hall–Kier alpha value is -2.75. The van der Waals surface area contributed by atoms with Gasteiger partial charge < -0.3 is 9.84 Å². The number of carbonyl (C=O) groups is 1. The first-order valence-electron chi connectivity index (χ1n) is 7.67. The molecule has 2 aromatic rings. The summed E-state index contributed by atoms with van der Waals surface area (Å²) in [6.07, 6.45) is -5.33. The lowest BCUT2D eigenvalue weighted by Gasteiger charge is -2.25. The molecule has 6 nitrogen and oxygen atoms in total. The summed E-state index contributed by atoms with van der Waals surface area (Å²) in [4.78, 5) is 10.7. The number of ether oxygens (including phenoxy) is 1. The zero-order chi connectivity index (χ0) is 20.0. The van der Waals surface area contributed by atoms with Gasteiger partial charge in [0.25, 0.3) is 10.0 Å². The first-order chi connectivity index (χ1) is 12.6. The molecule has 0 fully saturated rings. The SMILES string of the molecule is COc1cccc(N2[C@@H](CC(=O)O)c3ccc(C(F)(F)F)cc3S2(=O)=O)c1. The Bertz CT molecular complexity index is 1000. The van der Waals surface area contributed by atoms with Crippen LogP contribution in [0.2, 0.25) is 0 Å². The van der Waals surface area contributed by atoms with Crippen molar-refractivity contribution >= 4 is 21.7 Å². The molecule has 144 valence electrons. The number of sulfonamides is 1. The van der Waals surface area contributed by atoms with E-state index in [4.69, 9.17) is 4.74 Å². The summed E-state index contributed by atoms with van der Waals surface area (Å²) in [5.74, 6) is -0.959. The molecule has 0 saturated heterocycles. The lowest BCUT2D eigenvalue weighted by molar-refractivity contribution is -0.138. The van der Waals surface area contributed by atoms with Gasteiger partial charge in [-0.1, -0.05) is 12.1 Å². The molecule has 2 aromatic carbocycles. The molecule has 1 atom stereocenters. The predicted molar refractivity (Wildman–Crippen MR) is 89.1 cm³/mol. The lowest BCUT2D eigenvalue weighted by Crippen LogP contribution is -2.29. The molecule has 1 N–H and O–H groups in total. The second-order valence-electron chi connectivity index (χ2n) is 5.87. The van der Waals surface area contributed by atoms with E-state index >= 15 is 0 Å². The lowest BCUT2D eigenvalue weighted by atomic mass is 10.0. The smallest absolute Gasteiger partial charge is 0.416 e. The number of nitrogens with zero attached hydrogens (tertiary/aromatic N) is 1. The van der Waals surface area contributed by atoms with Crippen molar-refractivity contribution in [2.75, 3.05) is 11.4 Å². The minimum absolute atomic E-state index is 0.00761. The van der Waals surface area contributed by atoms with Gasteiger partial charge in [-0.25, -0.2) is 8.42 Å². The Morgan fingerprint density at radius 2 is 1.93 bits per heavy atom. The second kappa shape index (κ2) is 6.45. The maximum absolute atomic E-state index is 13.0. The van der Waals surface area contributed by atoms with Crippen LogP contribution in [0, 0.1) is 0 Å². The third-order valence-electron chi connectivity index (χ3n) is 4.20. The summed E-state index contributed by atoms with van der Waals surface area (Å²) in [5, 5.41) is 9.19. The molecule has 1 aliphatic rings. The standard InChI is InChI=1S/C17H14F3NO5S/c1-26-12-4-2-3-11(8-12)21-14(9-16(22)23)13-6-5-10(17(18,19)20)7-15(13)27(21,24)25/h2-8,14H,9H2,1H3,(H,22,23)/t14-/m0/s1. The average molecular weight is 401 g/mol. The molecule has 10 heteroatoms. The highest BCUT2D eigenvalue weighted by atomic mass is 32.2. The first-order valence-corrected chi connectivity index (χ1v) is 9.11. The quantitative estimate of drug-likeness (QED) is 0.849. The summed E-state index contributed by atoms with van der Waals surface area (Å²) in [7, 11) is -3.02. The van der Waals surface area contributed by atoms with Gasteiger partial charge in [0.1, 0.15) is 5.75 Å². The number of carboxylic acids is 1. The fourth-order valence-electron chi connectivity index (χ4n) is 3.03. The number of carboxylic acid groups (broad SMARTS) is 1. The van der Waals surface area contributed by atoms with Gasteiger partial charge in [0.2, 0.25) is 0 Å². The van der Waals surface area contributed by atoms with E-state index in [2.05, 4.69) is 0 Å². The maximum atomic E-state index is 13.0. The minimum Gasteiger partial charge on any atom is -0.497 e. The Kier molecular flexibility index (Phi) is 4.54. The minimum atomic E-state index is -4.73. The molecule has 0 amide bonds. The van der Waals surface area contributed by atoms with Crippen molar-refractivity contribution in [1.29, 1.82) is 0 Å². The third kappa shape index (κ3) is 3.32. The molecule has 0 unspecified atom stereocenters. The first kappa shape index (κ1) is 19.0. The highest BCUT2D eigenvalue weighted by Gasteiger charge is 2.45. The molecule has 0 radical (unpaired) electrons. The largest absolute Gasteiger partial charge is 0.497 e. The molecule has 0 spiro atoms. The molecular weight excluding hydrogens is 387 g/mol. The number of fused-ring (bicyclic) bond motifs is 1. The van der Waals surface area contributed by atoms with Gasteiger partial charge in [0.05, 0.1) is 35.7 Å². The van der Waals surface area contributed by atoms with Crippen LogP contribution in [-0.4, -0.2) is 26.6 Å². The van der Waals surface area contributed by atoms with E-state index in [9.17, 15) is 31.5 Å². The molecule has 0 aliphatic carbocycles. The Morgan fingerprint density at radius 1 is 1.22 bits per heavy atom. The van der Waals surface area contributed by atoms with Crippen LogP contribution < -0.4 is 9.04 Å². The van der Waals surface area contributed by atoms with Gasteiger partial charge in [-0.3, -0.25) is 9.10 Å². The van der Waals surface area contributed by atoms with Crippen LogP contribution in [0.4, 0.5) is 18.9 Å². The van der Waals surface area contributed by atoms with Crippen LogP contribution in [0.5, 0.6) is 5.75 Å². The number of aliphatic carboxylic acids is 1. The van der Waals surface area contributed by atoms with Gasteiger partial charge in [0, 0.05) is 6.07 Å². The van der Waals surface area contributed by atoms with Gasteiger partial charge in [-0.05, 0) is 29.8 Å². The number of hydrogen-bond donors (Lipinski definition) is 1. The fraction of sp³-hybridized carbons (Fsp3) is 0.235. The number of hydrogen-bond acceptors (Lipinski definition) is 4. The Labute approximate surface area is 152 Å². The zero-order valence-corrected chi connectivity index (χ0v) is 14.7. The van der Waals surface area contributed by atoms with E-state index in [1.165, 1.54) is 25.3 Å². The molecule has 0 saturated carbocycles. The molecule has 1 heterocycles. The molecular formula is C17H14F3NO5S. The fourth-order valence-corrected chi connectivity index (χ4v) is 4.94.